The van der Waals surface area contributed by atoms with Gasteiger partial charge in [0.1, 0.15) is 0 Å². The van der Waals surface area contributed by atoms with Crippen LogP contribution in [0.5, 0.6) is 0 Å². The van der Waals surface area contributed by atoms with Crippen molar-refractivity contribution < 1.29 is 0 Å². The second-order valence-corrected chi connectivity index (χ2v) is 6.73. The molecule has 0 saturated heterocycles. The monoisotopic (exact) mass is 278 g/mol. The molecule has 104 valence electrons. The molecule has 19 heavy (non-hydrogen) atoms. The summed E-state index contributed by atoms with van der Waals surface area (Å²) in [4.78, 5) is 4.77. The maximum atomic E-state index is 4.77. The van der Waals surface area contributed by atoms with E-state index in [0.717, 1.165) is 18.3 Å². The van der Waals surface area contributed by atoms with Gasteiger partial charge in [-0.3, -0.25) is 9.67 Å². The zero-order chi connectivity index (χ0) is 13.1. The van der Waals surface area contributed by atoms with Crippen LogP contribution in [0.4, 0.5) is 0 Å². The second kappa shape index (κ2) is 5.57. The lowest BCUT2D eigenvalue weighted by Crippen LogP contribution is -2.36. The molecular weight excluding hydrogens is 256 g/mol. The van der Waals surface area contributed by atoms with E-state index in [1.807, 2.05) is 35.8 Å². The molecule has 0 atom stereocenters. The number of aromatic nitrogens is 2. The molecule has 1 fully saturated rings. The molecule has 0 radical (unpaired) electrons. The first-order valence-corrected chi connectivity index (χ1v) is 8.14. The Hall–Kier alpha value is -0.970. The smallest absolute Gasteiger partial charge is 0.156 e. The highest BCUT2D eigenvalue weighted by Crippen LogP contribution is 2.41. The molecule has 5 heteroatoms. The first-order valence-electron chi connectivity index (χ1n) is 7.15. The van der Waals surface area contributed by atoms with Crippen LogP contribution in [0, 0.1) is 5.41 Å². The van der Waals surface area contributed by atoms with Crippen molar-refractivity contribution in [2.24, 2.45) is 17.5 Å². The summed E-state index contributed by atoms with van der Waals surface area (Å²) in [5.41, 5.74) is 1.71. The number of thioether (sulfide) groups is 1. The van der Waals surface area contributed by atoms with Crippen molar-refractivity contribution in [2.45, 2.75) is 38.6 Å². The lowest BCUT2D eigenvalue weighted by Gasteiger charge is -2.38. The van der Waals surface area contributed by atoms with E-state index in [-0.39, 0.29) is 0 Å². The molecule has 0 bridgehead atoms. The molecule has 2 aliphatic rings. The van der Waals surface area contributed by atoms with Gasteiger partial charge in [-0.05, 0) is 24.3 Å². The molecule has 2 heterocycles. The van der Waals surface area contributed by atoms with E-state index in [1.165, 1.54) is 43.6 Å². The fraction of sp³-hybridized carbons (Fsp3) is 0.714. The standard InChI is InChI=1S/C14H22N4S/c1-18-12(5-8-17-18)9-15-13-16-10-14(11-19-13)6-3-2-4-7-14/h5,8H,2-4,6-7,9-11H2,1H3,(H,15,16). The molecule has 0 unspecified atom stereocenters. The minimum Gasteiger partial charge on any atom is -0.359 e. The number of rotatable bonds is 2. The topological polar surface area (TPSA) is 42.2 Å². The first kappa shape index (κ1) is 13.0. The van der Waals surface area contributed by atoms with Gasteiger partial charge in [-0.1, -0.05) is 31.0 Å². The first-order chi connectivity index (χ1) is 9.27. The molecule has 0 amide bonds. The molecule has 1 spiro atoms. The van der Waals surface area contributed by atoms with E-state index in [0.29, 0.717) is 5.41 Å². The van der Waals surface area contributed by atoms with Crippen molar-refractivity contribution in [2.75, 3.05) is 12.3 Å². The van der Waals surface area contributed by atoms with Gasteiger partial charge in [0, 0.05) is 25.5 Å². The van der Waals surface area contributed by atoms with Gasteiger partial charge in [0.15, 0.2) is 5.17 Å². The average molecular weight is 278 g/mol. The lowest BCUT2D eigenvalue weighted by molar-refractivity contribution is 0.232. The Bertz CT molecular complexity index is 460. The number of amidine groups is 1. The van der Waals surface area contributed by atoms with Gasteiger partial charge in [0.25, 0.3) is 0 Å². The summed E-state index contributed by atoms with van der Waals surface area (Å²) in [6.07, 6.45) is 8.80. The van der Waals surface area contributed by atoms with Gasteiger partial charge in [0.2, 0.25) is 0 Å². The molecule has 0 aromatic carbocycles. The van der Waals surface area contributed by atoms with Crippen LogP contribution in [0.3, 0.4) is 0 Å². The van der Waals surface area contributed by atoms with Gasteiger partial charge in [-0.25, -0.2) is 0 Å². The number of hydrogen-bond donors (Lipinski definition) is 1. The molecule has 1 aromatic rings. The quantitative estimate of drug-likeness (QED) is 0.904. The van der Waals surface area contributed by atoms with Crippen molar-refractivity contribution in [1.29, 1.82) is 0 Å². The summed E-state index contributed by atoms with van der Waals surface area (Å²) in [6, 6.07) is 2.05. The van der Waals surface area contributed by atoms with E-state index < -0.39 is 0 Å². The summed E-state index contributed by atoms with van der Waals surface area (Å²) >= 11 is 1.91. The largest absolute Gasteiger partial charge is 0.359 e. The van der Waals surface area contributed by atoms with Gasteiger partial charge in [-0.15, -0.1) is 0 Å². The minimum absolute atomic E-state index is 0.515. The van der Waals surface area contributed by atoms with Crippen molar-refractivity contribution in [3.05, 3.63) is 18.0 Å². The predicted octanol–water partition coefficient (Wildman–Crippen LogP) is 2.56. The van der Waals surface area contributed by atoms with Crippen LogP contribution in [-0.4, -0.2) is 27.2 Å². The van der Waals surface area contributed by atoms with Crippen molar-refractivity contribution in [3.63, 3.8) is 0 Å². The Labute approximate surface area is 119 Å². The maximum Gasteiger partial charge on any atom is 0.156 e. The lowest BCUT2D eigenvalue weighted by atomic mass is 9.75. The number of nitrogens with one attached hydrogen (secondary N) is 1. The molecule has 3 rings (SSSR count). The maximum absolute atomic E-state index is 4.77. The van der Waals surface area contributed by atoms with Crippen LogP contribution >= 0.6 is 11.8 Å². The Morgan fingerprint density at radius 3 is 2.84 bits per heavy atom. The van der Waals surface area contributed by atoms with Crippen LogP contribution in [0.2, 0.25) is 0 Å². The zero-order valence-electron chi connectivity index (χ0n) is 11.6. The third-order valence-electron chi connectivity index (χ3n) is 4.33. The third-order valence-corrected chi connectivity index (χ3v) is 5.63. The van der Waals surface area contributed by atoms with Gasteiger partial charge in [0.05, 0.1) is 12.2 Å². The van der Waals surface area contributed by atoms with E-state index in [9.17, 15) is 0 Å². The highest BCUT2D eigenvalue weighted by molar-refractivity contribution is 8.13. The summed E-state index contributed by atoms with van der Waals surface area (Å²) < 4.78 is 1.91. The fourth-order valence-electron chi connectivity index (χ4n) is 3.00. The molecular formula is C14H22N4S. The normalized spacial score (nSPS) is 22.3. The van der Waals surface area contributed by atoms with Crippen molar-refractivity contribution >= 4 is 16.9 Å². The van der Waals surface area contributed by atoms with E-state index in [1.54, 1.807) is 0 Å². The van der Waals surface area contributed by atoms with E-state index in [4.69, 9.17) is 4.99 Å². The summed E-state index contributed by atoms with van der Waals surface area (Å²) in [7, 11) is 1.98. The number of aryl methyl sites for hydroxylation is 1. The van der Waals surface area contributed by atoms with E-state index >= 15 is 0 Å². The third kappa shape index (κ3) is 2.96. The summed E-state index contributed by atoms with van der Waals surface area (Å²) in [5, 5.41) is 8.73. The van der Waals surface area contributed by atoms with Gasteiger partial charge >= 0.3 is 0 Å². The summed E-state index contributed by atoms with van der Waals surface area (Å²) in [5.74, 6) is 1.24. The highest BCUT2D eigenvalue weighted by Gasteiger charge is 2.34. The van der Waals surface area contributed by atoms with Gasteiger partial charge < -0.3 is 5.32 Å². The Kier molecular flexibility index (Phi) is 3.82. The average Bonchev–Trinajstić information content (AvgIpc) is 2.85. The van der Waals surface area contributed by atoms with Crippen LogP contribution in [-0.2, 0) is 13.6 Å². The number of nitrogens with zero attached hydrogens (tertiary/aromatic N) is 3. The number of aliphatic imine (C=N–C) groups is 1. The Morgan fingerprint density at radius 1 is 1.37 bits per heavy atom. The number of hydrogen-bond acceptors (Lipinski definition) is 4. The Morgan fingerprint density at radius 2 is 2.21 bits per heavy atom. The molecule has 4 nitrogen and oxygen atoms in total. The van der Waals surface area contributed by atoms with Crippen LogP contribution in [0.1, 0.15) is 37.8 Å². The van der Waals surface area contributed by atoms with E-state index in [2.05, 4.69) is 10.4 Å². The molecule has 1 aromatic heterocycles. The van der Waals surface area contributed by atoms with Gasteiger partial charge in [-0.2, -0.15) is 5.10 Å². The van der Waals surface area contributed by atoms with Crippen molar-refractivity contribution in [3.8, 4) is 0 Å². The fourth-order valence-corrected chi connectivity index (χ4v) is 4.16. The minimum atomic E-state index is 0.515. The summed E-state index contributed by atoms with van der Waals surface area (Å²) in [6.45, 7) is 1.84. The Balaban J connectivity index is 1.55. The highest BCUT2D eigenvalue weighted by atomic mass is 32.2. The van der Waals surface area contributed by atoms with Crippen LogP contribution in [0.25, 0.3) is 0 Å². The van der Waals surface area contributed by atoms with Crippen molar-refractivity contribution in [1.82, 2.24) is 15.1 Å². The van der Waals surface area contributed by atoms with Crippen LogP contribution < -0.4 is 5.32 Å². The molecule has 1 aliphatic heterocycles. The predicted molar refractivity (Wildman–Crippen MR) is 80.3 cm³/mol. The zero-order valence-corrected chi connectivity index (χ0v) is 12.4. The van der Waals surface area contributed by atoms with Crippen LogP contribution in [0.15, 0.2) is 17.3 Å². The second-order valence-electron chi connectivity index (χ2n) is 5.77. The molecule has 1 N–H and O–H groups in total. The molecule has 1 aliphatic carbocycles. The molecule has 1 saturated carbocycles. The SMILES string of the molecule is Cn1nccc1CNC1=NCC2(CCCCC2)CS1.